The van der Waals surface area contributed by atoms with E-state index >= 15 is 0 Å². The summed E-state index contributed by atoms with van der Waals surface area (Å²) in [4.78, 5) is 20.5. The maximum atomic E-state index is 12.4. The monoisotopic (exact) mass is 402 g/mol. The van der Waals surface area contributed by atoms with E-state index < -0.39 is 30.0 Å². The standard InChI is InChI=1S/C13H15F3N2O2.C2HF3O2/c14-13(15,16)9-3-5-10(6-4-9)18-12(19)20-11-2-1-7-17-8-11;3-2(4,5)1(6)7/h3-6,11,17H,1-2,7-8H2,(H,18,19);(H,6,7). The largest absolute Gasteiger partial charge is 0.490 e. The number of hydrogen-bond donors (Lipinski definition) is 3. The average molecular weight is 402 g/mol. The Morgan fingerprint density at radius 3 is 2.07 bits per heavy atom. The normalized spacial score (nSPS) is 17.3. The molecular formula is C15H16F6N2O4. The molecule has 1 amide bonds. The molecule has 1 heterocycles. The Bertz CT molecular complexity index is 625. The number of ether oxygens (including phenoxy) is 1. The van der Waals surface area contributed by atoms with Gasteiger partial charge in [0, 0.05) is 12.2 Å². The maximum Gasteiger partial charge on any atom is 0.490 e. The Balaban J connectivity index is 0.000000445. The lowest BCUT2D eigenvalue weighted by Crippen LogP contribution is -2.37. The van der Waals surface area contributed by atoms with Crippen LogP contribution in [-0.2, 0) is 15.7 Å². The molecule has 27 heavy (non-hydrogen) atoms. The van der Waals surface area contributed by atoms with Crippen molar-refractivity contribution in [2.45, 2.75) is 31.3 Å². The number of anilines is 1. The van der Waals surface area contributed by atoms with Crippen molar-refractivity contribution in [1.29, 1.82) is 0 Å². The topological polar surface area (TPSA) is 87.7 Å². The van der Waals surface area contributed by atoms with Crippen LogP contribution in [-0.4, -0.2) is 42.5 Å². The van der Waals surface area contributed by atoms with Crippen molar-refractivity contribution in [3.63, 3.8) is 0 Å². The molecule has 0 saturated carbocycles. The molecule has 1 saturated heterocycles. The summed E-state index contributed by atoms with van der Waals surface area (Å²) in [6.45, 7) is 1.50. The predicted molar refractivity (Wildman–Crippen MR) is 81.1 cm³/mol. The van der Waals surface area contributed by atoms with E-state index in [1.807, 2.05) is 0 Å². The van der Waals surface area contributed by atoms with Gasteiger partial charge < -0.3 is 15.2 Å². The molecule has 0 spiro atoms. The molecule has 1 aliphatic heterocycles. The van der Waals surface area contributed by atoms with Gasteiger partial charge in [-0.05, 0) is 43.7 Å². The van der Waals surface area contributed by atoms with Gasteiger partial charge in [0.1, 0.15) is 6.10 Å². The number of piperidine rings is 1. The van der Waals surface area contributed by atoms with Gasteiger partial charge in [-0.2, -0.15) is 26.3 Å². The Labute approximate surface area is 149 Å². The summed E-state index contributed by atoms with van der Waals surface area (Å²) in [7, 11) is 0. The van der Waals surface area contributed by atoms with E-state index in [4.69, 9.17) is 14.6 Å². The maximum absolute atomic E-state index is 12.4. The number of carbonyl (C=O) groups excluding carboxylic acids is 1. The van der Waals surface area contributed by atoms with E-state index in [9.17, 15) is 31.1 Å². The van der Waals surface area contributed by atoms with E-state index in [1.165, 1.54) is 12.1 Å². The van der Waals surface area contributed by atoms with Crippen LogP contribution in [0, 0.1) is 0 Å². The van der Waals surface area contributed by atoms with Crippen LogP contribution in [0.5, 0.6) is 0 Å². The van der Waals surface area contributed by atoms with Crippen molar-refractivity contribution < 1.29 is 45.8 Å². The molecule has 152 valence electrons. The van der Waals surface area contributed by atoms with Gasteiger partial charge in [0.25, 0.3) is 0 Å². The molecule has 1 atom stereocenters. The number of carbonyl (C=O) groups is 2. The van der Waals surface area contributed by atoms with Crippen LogP contribution in [0.25, 0.3) is 0 Å². The van der Waals surface area contributed by atoms with Crippen LogP contribution in [0.4, 0.5) is 36.8 Å². The Kier molecular flexibility index (Phi) is 7.88. The van der Waals surface area contributed by atoms with Crippen LogP contribution in [0.2, 0.25) is 0 Å². The molecule has 1 fully saturated rings. The number of aliphatic carboxylic acids is 1. The lowest BCUT2D eigenvalue weighted by Gasteiger charge is -2.22. The van der Waals surface area contributed by atoms with Crippen molar-refractivity contribution in [3.8, 4) is 0 Å². The number of rotatable bonds is 2. The van der Waals surface area contributed by atoms with Crippen LogP contribution >= 0.6 is 0 Å². The molecule has 0 radical (unpaired) electrons. The minimum atomic E-state index is -5.08. The van der Waals surface area contributed by atoms with Crippen LogP contribution in [0.15, 0.2) is 24.3 Å². The summed E-state index contributed by atoms with van der Waals surface area (Å²) in [6.07, 6.45) is -8.60. The van der Waals surface area contributed by atoms with Gasteiger partial charge in [-0.25, -0.2) is 9.59 Å². The summed E-state index contributed by atoms with van der Waals surface area (Å²) in [5.41, 5.74) is -0.486. The first-order chi connectivity index (χ1) is 12.4. The molecule has 1 aromatic carbocycles. The van der Waals surface area contributed by atoms with Gasteiger partial charge in [-0.1, -0.05) is 0 Å². The minimum Gasteiger partial charge on any atom is -0.475 e. The smallest absolute Gasteiger partial charge is 0.475 e. The predicted octanol–water partition coefficient (Wildman–Crippen LogP) is 3.64. The van der Waals surface area contributed by atoms with Crippen LogP contribution in [0.1, 0.15) is 18.4 Å². The fourth-order valence-corrected chi connectivity index (χ4v) is 1.96. The van der Waals surface area contributed by atoms with E-state index in [0.29, 0.717) is 6.54 Å². The molecule has 1 aliphatic rings. The fourth-order valence-electron chi connectivity index (χ4n) is 1.96. The van der Waals surface area contributed by atoms with E-state index in [1.54, 1.807) is 0 Å². The number of hydrogen-bond acceptors (Lipinski definition) is 4. The van der Waals surface area contributed by atoms with Gasteiger partial charge in [-0.15, -0.1) is 0 Å². The molecule has 12 heteroatoms. The highest BCUT2D eigenvalue weighted by molar-refractivity contribution is 5.84. The molecule has 3 N–H and O–H groups in total. The quantitative estimate of drug-likeness (QED) is 0.658. The van der Waals surface area contributed by atoms with Crippen molar-refractivity contribution >= 4 is 17.7 Å². The first kappa shape index (κ1) is 22.5. The highest BCUT2D eigenvalue weighted by Crippen LogP contribution is 2.29. The third-order valence-electron chi connectivity index (χ3n) is 3.23. The van der Waals surface area contributed by atoms with E-state index in [0.717, 1.165) is 31.5 Å². The Hall–Kier alpha value is -2.50. The second-order valence-corrected chi connectivity index (χ2v) is 5.38. The molecule has 6 nitrogen and oxygen atoms in total. The molecule has 1 unspecified atom stereocenters. The number of amides is 1. The van der Waals surface area contributed by atoms with E-state index in [2.05, 4.69) is 10.6 Å². The summed E-state index contributed by atoms with van der Waals surface area (Å²) in [5.74, 6) is -2.76. The summed E-state index contributed by atoms with van der Waals surface area (Å²) in [5, 5.41) is 12.6. The van der Waals surface area contributed by atoms with Crippen molar-refractivity contribution in [1.82, 2.24) is 5.32 Å². The number of nitrogens with one attached hydrogen (secondary N) is 2. The first-order valence-electron chi connectivity index (χ1n) is 7.55. The molecular weight excluding hydrogens is 386 g/mol. The zero-order valence-electron chi connectivity index (χ0n) is 13.7. The zero-order chi connectivity index (χ0) is 20.7. The number of carboxylic acids is 1. The van der Waals surface area contributed by atoms with Crippen LogP contribution in [0.3, 0.4) is 0 Å². The fraction of sp³-hybridized carbons (Fsp3) is 0.467. The number of benzene rings is 1. The zero-order valence-corrected chi connectivity index (χ0v) is 13.7. The lowest BCUT2D eigenvalue weighted by atomic mass is 10.1. The molecule has 0 bridgehead atoms. The molecule has 1 aromatic rings. The third kappa shape index (κ3) is 8.62. The number of halogens is 6. The van der Waals surface area contributed by atoms with Crippen molar-refractivity contribution in [2.24, 2.45) is 0 Å². The van der Waals surface area contributed by atoms with Gasteiger partial charge in [-0.3, -0.25) is 5.32 Å². The number of alkyl halides is 6. The summed E-state index contributed by atoms with van der Waals surface area (Å²) >= 11 is 0. The van der Waals surface area contributed by atoms with Crippen molar-refractivity contribution in [2.75, 3.05) is 18.4 Å². The van der Waals surface area contributed by atoms with E-state index in [-0.39, 0.29) is 11.8 Å². The molecule has 0 aliphatic carbocycles. The average Bonchev–Trinajstić information content (AvgIpc) is 2.55. The first-order valence-corrected chi connectivity index (χ1v) is 7.55. The van der Waals surface area contributed by atoms with Gasteiger partial charge in [0.05, 0.1) is 5.56 Å². The SMILES string of the molecule is O=C(Nc1ccc(C(F)(F)F)cc1)OC1CCCNC1.O=C(O)C(F)(F)F. The van der Waals surface area contributed by atoms with Crippen LogP contribution < -0.4 is 10.6 Å². The Morgan fingerprint density at radius 2 is 1.67 bits per heavy atom. The Morgan fingerprint density at radius 1 is 1.11 bits per heavy atom. The third-order valence-corrected chi connectivity index (χ3v) is 3.23. The highest BCUT2D eigenvalue weighted by atomic mass is 19.4. The highest BCUT2D eigenvalue weighted by Gasteiger charge is 2.38. The van der Waals surface area contributed by atoms with Crippen molar-refractivity contribution in [3.05, 3.63) is 29.8 Å². The number of carboxylic acid groups (broad SMARTS) is 1. The molecule has 2 rings (SSSR count). The van der Waals surface area contributed by atoms with Gasteiger partial charge in [0.2, 0.25) is 0 Å². The second kappa shape index (κ2) is 9.44. The second-order valence-electron chi connectivity index (χ2n) is 5.38. The van der Waals surface area contributed by atoms with Gasteiger partial charge >= 0.3 is 24.4 Å². The minimum absolute atomic E-state index is 0.196. The summed E-state index contributed by atoms with van der Waals surface area (Å²) < 4.78 is 74.0. The molecule has 0 aromatic heterocycles. The lowest BCUT2D eigenvalue weighted by molar-refractivity contribution is -0.192. The van der Waals surface area contributed by atoms with Gasteiger partial charge in [0.15, 0.2) is 0 Å². The summed E-state index contributed by atoms with van der Waals surface area (Å²) in [6, 6.07) is 4.22.